The van der Waals surface area contributed by atoms with E-state index in [1.54, 1.807) is 19.0 Å². The summed E-state index contributed by atoms with van der Waals surface area (Å²) in [4.78, 5) is 24.7. The van der Waals surface area contributed by atoms with Crippen molar-refractivity contribution >= 4 is 40.3 Å². The van der Waals surface area contributed by atoms with Gasteiger partial charge < -0.3 is 10.2 Å². The van der Waals surface area contributed by atoms with Crippen LogP contribution >= 0.6 is 12.2 Å². The average molecular weight is 416 g/mol. The molecule has 0 aliphatic carbocycles. The number of thiocarbonyl (C=S) groups is 1. The van der Waals surface area contributed by atoms with Crippen molar-refractivity contribution in [3.05, 3.63) is 63.7 Å². The Labute approximate surface area is 175 Å². The number of non-ortho nitro benzene ring substituents is 1. The van der Waals surface area contributed by atoms with Gasteiger partial charge in [-0.05, 0) is 48.8 Å². The lowest BCUT2D eigenvalue weighted by molar-refractivity contribution is -0.384. The standard InChI is InChI=1S/C20H25N5O3S/c1-4-5-6-14-7-9-15(10-8-14)21-20(29)23-22-19(26)17-13-16(25(27)28)11-12-18(17)24(2)3/h7-13H,4-6H2,1-3H3,(H,22,26)(H2,21,23,29). The Balaban J connectivity index is 1.98. The molecule has 154 valence electrons. The van der Waals surface area contributed by atoms with E-state index in [0.29, 0.717) is 5.69 Å². The van der Waals surface area contributed by atoms with Gasteiger partial charge in [0.1, 0.15) is 0 Å². The van der Waals surface area contributed by atoms with Gasteiger partial charge in [0.25, 0.3) is 11.6 Å². The second kappa shape index (κ2) is 10.4. The topological polar surface area (TPSA) is 99.5 Å². The van der Waals surface area contributed by atoms with Crippen LogP contribution in [0.2, 0.25) is 0 Å². The maximum absolute atomic E-state index is 12.5. The molecular formula is C20H25N5O3S. The molecule has 0 spiro atoms. The number of hydrazine groups is 1. The van der Waals surface area contributed by atoms with Crippen LogP contribution in [-0.4, -0.2) is 30.0 Å². The van der Waals surface area contributed by atoms with Crippen molar-refractivity contribution < 1.29 is 9.72 Å². The van der Waals surface area contributed by atoms with E-state index in [4.69, 9.17) is 12.2 Å². The van der Waals surface area contributed by atoms with Crippen molar-refractivity contribution in [3.8, 4) is 0 Å². The lowest BCUT2D eigenvalue weighted by Gasteiger charge is -2.18. The van der Waals surface area contributed by atoms with Crippen LogP contribution in [0.4, 0.5) is 17.1 Å². The summed E-state index contributed by atoms with van der Waals surface area (Å²) in [6, 6.07) is 12.0. The third kappa shape index (κ3) is 6.42. The van der Waals surface area contributed by atoms with Crippen molar-refractivity contribution in [1.82, 2.24) is 10.9 Å². The zero-order valence-corrected chi connectivity index (χ0v) is 17.5. The van der Waals surface area contributed by atoms with E-state index in [9.17, 15) is 14.9 Å². The van der Waals surface area contributed by atoms with Crippen LogP contribution in [0.25, 0.3) is 0 Å². The lowest BCUT2D eigenvalue weighted by Crippen LogP contribution is -2.44. The number of nitro groups is 1. The van der Waals surface area contributed by atoms with Crippen LogP contribution < -0.4 is 21.1 Å². The number of amides is 1. The SMILES string of the molecule is CCCCc1ccc(NC(=S)NNC(=O)c2cc([N+](=O)[O-])ccc2N(C)C)cc1. The number of nitro benzene ring substituents is 1. The molecule has 2 aromatic rings. The number of nitrogens with one attached hydrogen (secondary N) is 3. The molecule has 0 heterocycles. The van der Waals surface area contributed by atoms with Gasteiger partial charge in [-0.2, -0.15) is 0 Å². The molecule has 0 saturated heterocycles. The summed E-state index contributed by atoms with van der Waals surface area (Å²) >= 11 is 5.20. The molecule has 0 fully saturated rings. The maximum atomic E-state index is 12.5. The van der Waals surface area contributed by atoms with Gasteiger partial charge in [0.05, 0.1) is 10.5 Å². The predicted molar refractivity (Wildman–Crippen MR) is 119 cm³/mol. The van der Waals surface area contributed by atoms with Crippen LogP contribution in [0.5, 0.6) is 0 Å². The Hall–Kier alpha value is -3.20. The van der Waals surface area contributed by atoms with E-state index in [2.05, 4.69) is 23.1 Å². The first-order valence-electron chi connectivity index (χ1n) is 9.24. The fourth-order valence-corrected chi connectivity index (χ4v) is 2.86. The number of hydrogen-bond donors (Lipinski definition) is 3. The molecule has 8 nitrogen and oxygen atoms in total. The number of rotatable bonds is 7. The lowest BCUT2D eigenvalue weighted by atomic mass is 10.1. The van der Waals surface area contributed by atoms with Crippen molar-refractivity contribution in [1.29, 1.82) is 0 Å². The molecule has 0 unspecified atom stereocenters. The third-order valence-electron chi connectivity index (χ3n) is 4.24. The number of hydrogen-bond acceptors (Lipinski definition) is 5. The van der Waals surface area contributed by atoms with E-state index in [0.717, 1.165) is 24.9 Å². The summed E-state index contributed by atoms with van der Waals surface area (Å²) in [6.45, 7) is 2.16. The summed E-state index contributed by atoms with van der Waals surface area (Å²) in [5, 5.41) is 14.2. The van der Waals surface area contributed by atoms with Crippen molar-refractivity contribution in [2.24, 2.45) is 0 Å². The molecule has 9 heteroatoms. The number of carbonyl (C=O) groups excluding carboxylic acids is 1. The van der Waals surface area contributed by atoms with Gasteiger partial charge in [0.2, 0.25) is 0 Å². The first-order chi connectivity index (χ1) is 13.8. The van der Waals surface area contributed by atoms with E-state index < -0.39 is 10.8 Å². The molecule has 0 atom stereocenters. The first-order valence-corrected chi connectivity index (χ1v) is 9.64. The zero-order chi connectivity index (χ0) is 21.4. The second-order valence-corrected chi connectivity index (χ2v) is 7.09. The van der Waals surface area contributed by atoms with Crippen molar-refractivity contribution in [2.45, 2.75) is 26.2 Å². The highest BCUT2D eigenvalue weighted by molar-refractivity contribution is 7.80. The smallest absolute Gasteiger partial charge is 0.272 e. The Morgan fingerprint density at radius 2 is 1.83 bits per heavy atom. The van der Waals surface area contributed by atoms with E-state index in [-0.39, 0.29) is 16.4 Å². The second-order valence-electron chi connectivity index (χ2n) is 6.69. The molecule has 1 amide bonds. The predicted octanol–water partition coefficient (Wildman–Crippen LogP) is 3.63. The van der Waals surface area contributed by atoms with Gasteiger partial charge in [0, 0.05) is 37.6 Å². The minimum Gasteiger partial charge on any atom is -0.377 e. The molecule has 3 N–H and O–H groups in total. The van der Waals surface area contributed by atoms with Gasteiger partial charge in [-0.3, -0.25) is 25.8 Å². The van der Waals surface area contributed by atoms with Crippen molar-refractivity contribution in [3.63, 3.8) is 0 Å². The molecule has 2 rings (SSSR count). The number of benzene rings is 2. The summed E-state index contributed by atoms with van der Waals surface area (Å²) in [5.41, 5.74) is 7.71. The average Bonchev–Trinajstić information content (AvgIpc) is 2.70. The van der Waals surface area contributed by atoms with Gasteiger partial charge in [-0.25, -0.2) is 0 Å². The fraction of sp³-hybridized carbons (Fsp3) is 0.300. The molecule has 0 aliphatic heterocycles. The van der Waals surface area contributed by atoms with Gasteiger partial charge in [-0.1, -0.05) is 25.5 Å². The van der Waals surface area contributed by atoms with Gasteiger partial charge >= 0.3 is 0 Å². The monoisotopic (exact) mass is 415 g/mol. The number of nitrogens with zero attached hydrogens (tertiary/aromatic N) is 2. The highest BCUT2D eigenvalue weighted by Gasteiger charge is 2.18. The van der Waals surface area contributed by atoms with E-state index in [1.807, 2.05) is 24.3 Å². The molecule has 0 saturated carbocycles. The maximum Gasteiger partial charge on any atom is 0.272 e. The summed E-state index contributed by atoms with van der Waals surface area (Å²) in [5.74, 6) is -0.531. The molecule has 0 radical (unpaired) electrons. The normalized spacial score (nSPS) is 10.2. The quantitative estimate of drug-likeness (QED) is 0.361. The summed E-state index contributed by atoms with van der Waals surface area (Å²) in [7, 11) is 3.50. The minimum absolute atomic E-state index is 0.162. The largest absolute Gasteiger partial charge is 0.377 e. The Kier molecular flexibility index (Phi) is 7.90. The van der Waals surface area contributed by atoms with Crippen LogP contribution in [0.15, 0.2) is 42.5 Å². The highest BCUT2D eigenvalue weighted by Crippen LogP contribution is 2.24. The number of carbonyl (C=O) groups is 1. The third-order valence-corrected chi connectivity index (χ3v) is 4.44. The fourth-order valence-electron chi connectivity index (χ4n) is 2.69. The molecule has 2 aromatic carbocycles. The van der Waals surface area contributed by atoms with Gasteiger partial charge in [-0.15, -0.1) is 0 Å². The van der Waals surface area contributed by atoms with Crippen LogP contribution in [0, 0.1) is 10.1 Å². The molecule has 0 aliphatic rings. The van der Waals surface area contributed by atoms with E-state index >= 15 is 0 Å². The van der Waals surface area contributed by atoms with E-state index in [1.165, 1.54) is 23.8 Å². The first kappa shape index (κ1) is 22.1. The Morgan fingerprint density at radius 3 is 2.41 bits per heavy atom. The highest BCUT2D eigenvalue weighted by atomic mass is 32.1. The van der Waals surface area contributed by atoms with Crippen LogP contribution in [0.3, 0.4) is 0 Å². The zero-order valence-electron chi connectivity index (χ0n) is 16.7. The Morgan fingerprint density at radius 1 is 1.14 bits per heavy atom. The summed E-state index contributed by atoms with van der Waals surface area (Å²) < 4.78 is 0. The summed E-state index contributed by atoms with van der Waals surface area (Å²) in [6.07, 6.45) is 3.33. The number of aryl methyl sites for hydroxylation is 1. The van der Waals surface area contributed by atoms with Gasteiger partial charge in [0.15, 0.2) is 5.11 Å². The number of unbranched alkanes of at least 4 members (excludes halogenated alkanes) is 1. The molecule has 0 aromatic heterocycles. The molecular weight excluding hydrogens is 390 g/mol. The molecule has 0 bridgehead atoms. The number of anilines is 2. The van der Waals surface area contributed by atoms with Crippen LogP contribution in [-0.2, 0) is 6.42 Å². The molecule has 29 heavy (non-hydrogen) atoms. The van der Waals surface area contributed by atoms with Crippen molar-refractivity contribution in [2.75, 3.05) is 24.3 Å². The minimum atomic E-state index is -0.542. The Bertz CT molecular complexity index is 884. The van der Waals surface area contributed by atoms with Crippen LogP contribution in [0.1, 0.15) is 35.7 Å².